The van der Waals surface area contributed by atoms with E-state index in [4.69, 9.17) is 4.74 Å². The maximum absolute atomic E-state index is 12.2. The molecular weight excluding hydrogens is 396 g/mol. The van der Waals surface area contributed by atoms with E-state index < -0.39 is 0 Å². The van der Waals surface area contributed by atoms with Crippen LogP contribution in [0.1, 0.15) is 25.3 Å². The summed E-state index contributed by atoms with van der Waals surface area (Å²) in [6.45, 7) is 5.42. The minimum atomic E-state index is 0.0326. The second kappa shape index (κ2) is 9.34. The fraction of sp³-hybridized carbons (Fsp3) is 0.348. The SMILES string of the molecule is CCOc1ccc(-n2c(SCC(=O)NCC3CC3)nnc2-c2cccc(C)c2)cc1. The van der Waals surface area contributed by atoms with Gasteiger partial charge in [0.1, 0.15) is 5.75 Å². The van der Waals surface area contributed by atoms with Gasteiger partial charge in [-0.15, -0.1) is 10.2 Å². The third-order valence-corrected chi connectivity index (χ3v) is 5.86. The number of benzene rings is 2. The number of carbonyl (C=O) groups is 1. The molecule has 0 radical (unpaired) electrons. The van der Waals surface area contributed by atoms with Gasteiger partial charge in [-0.3, -0.25) is 9.36 Å². The fourth-order valence-electron chi connectivity index (χ4n) is 3.19. The minimum Gasteiger partial charge on any atom is -0.494 e. The molecule has 1 N–H and O–H groups in total. The molecule has 30 heavy (non-hydrogen) atoms. The highest BCUT2D eigenvalue weighted by atomic mass is 32.2. The Labute approximate surface area is 181 Å². The van der Waals surface area contributed by atoms with Crippen molar-refractivity contribution in [2.24, 2.45) is 5.92 Å². The highest BCUT2D eigenvalue weighted by Gasteiger charge is 2.22. The Morgan fingerprint density at radius 1 is 1.20 bits per heavy atom. The summed E-state index contributed by atoms with van der Waals surface area (Å²) < 4.78 is 7.57. The Hall–Kier alpha value is -2.80. The zero-order chi connectivity index (χ0) is 20.9. The molecular formula is C23H26N4O2S. The predicted octanol–water partition coefficient (Wildman–Crippen LogP) is 4.26. The van der Waals surface area contributed by atoms with Gasteiger partial charge in [-0.25, -0.2) is 0 Å². The number of rotatable bonds is 9. The lowest BCUT2D eigenvalue weighted by Crippen LogP contribution is -2.27. The van der Waals surface area contributed by atoms with Gasteiger partial charge in [0, 0.05) is 17.8 Å². The van der Waals surface area contributed by atoms with Crippen molar-refractivity contribution in [3.8, 4) is 22.8 Å². The second-order valence-electron chi connectivity index (χ2n) is 7.47. The van der Waals surface area contributed by atoms with Crippen LogP contribution < -0.4 is 10.1 Å². The number of aryl methyl sites for hydroxylation is 1. The van der Waals surface area contributed by atoms with Gasteiger partial charge >= 0.3 is 0 Å². The first kappa shape index (κ1) is 20.5. The first-order valence-corrected chi connectivity index (χ1v) is 11.3. The summed E-state index contributed by atoms with van der Waals surface area (Å²) in [5.74, 6) is 2.59. The number of nitrogens with one attached hydrogen (secondary N) is 1. The summed E-state index contributed by atoms with van der Waals surface area (Å²) >= 11 is 1.40. The van der Waals surface area contributed by atoms with Gasteiger partial charge in [-0.05, 0) is 62.9 Å². The number of amides is 1. The Kier molecular flexibility index (Phi) is 6.38. The molecule has 7 heteroatoms. The van der Waals surface area contributed by atoms with E-state index in [0.717, 1.165) is 34.9 Å². The lowest BCUT2D eigenvalue weighted by atomic mass is 10.1. The molecule has 156 valence electrons. The van der Waals surface area contributed by atoms with Crippen LogP contribution in [-0.2, 0) is 4.79 Å². The molecule has 1 aliphatic carbocycles. The lowest BCUT2D eigenvalue weighted by molar-refractivity contribution is -0.118. The van der Waals surface area contributed by atoms with Crippen LogP contribution in [0.25, 0.3) is 17.1 Å². The third-order valence-electron chi connectivity index (χ3n) is 4.93. The fourth-order valence-corrected chi connectivity index (χ4v) is 3.97. The van der Waals surface area contributed by atoms with Crippen molar-refractivity contribution in [1.82, 2.24) is 20.1 Å². The van der Waals surface area contributed by atoms with E-state index in [9.17, 15) is 4.79 Å². The summed E-state index contributed by atoms with van der Waals surface area (Å²) in [7, 11) is 0. The van der Waals surface area contributed by atoms with Crippen LogP contribution in [0.3, 0.4) is 0 Å². The van der Waals surface area contributed by atoms with E-state index in [-0.39, 0.29) is 5.91 Å². The van der Waals surface area contributed by atoms with Crippen molar-refractivity contribution in [2.75, 3.05) is 18.9 Å². The molecule has 0 bridgehead atoms. The molecule has 0 atom stereocenters. The lowest BCUT2D eigenvalue weighted by Gasteiger charge is -2.12. The second-order valence-corrected chi connectivity index (χ2v) is 8.42. The molecule has 0 saturated heterocycles. The normalized spacial score (nSPS) is 13.3. The highest BCUT2D eigenvalue weighted by Crippen LogP contribution is 2.30. The van der Waals surface area contributed by atoms with Crippen molar-refractivity contribution in [3.63, 3.8) is 0 Å². The van der Waals surface area contributed by atoms with E-state index in [2.05, 4.69) is 34.6 Å². The van der Waals surface area contributed by atoms with Crippen LogP contribution in [0.2, 0.25) is 0 Å². The minimum absolute atomic E-state index is 0.0326. The summed E-state index contributed by atoms with van der Waals surface area (Å²) in [6.07, 6.45) is 2.44. The van der Waals surface area contributed by atoms with Gasteiger partial charge in [0.05, 0.1) is 12.4 Å². The average Bonchev–Trinajstić information content (AvgIpc) is 3.49. The molecule has 4 rings (SSSR count). The van der Waals surface area contributed by atoms with Crippen molar-refractivity contribution < 1.29 is 9.53 Å². The maximum Gasteiger partial charge on any atom is 0.230 e. The van der Waals surface area contributed by atoms with Gasteiger partial charge in [0.2, 0.25) is 5.91 Å². The number of ether oxygens (including phenoxy) is 1. The average molecular weight is 423 g/mol. The first-order chi connectivity index (χ1) is 14.6. The largest absolute Gasteiger partial charge is 0.494 e. The highest BCUT2D eigenvalue weighted by molar-refractivity contribution is 7.99. The predicted molar refractivity (Wildman–Crippen MR) is 119 cm³/mol. The third kappa shape index (κ3) is 5.02. The van der Waals surface area contributed by atoms with Gasteiger partial charge in [-0.2, -0.15) is 0 Å². The molecule has 6 nitrogen and oxygen atoms in total. The molecule has 3 aromatic rings. The van der Waals surface area contributed by atoms with Gasteiger partial charge < -0.3 is 10.1 Å². The number of hydrogen-bond acceptors (Lipinski definition) is 5. The van der Waals surface area contributed by atoms with E-state index in [0.29, 0.717) is 23.4 Å². The van der Waals surface area contributed by atoms with Crippen LogP contribution in [0.15, 0.2) is 53.7 Å². The number of carbonyl (C=O) groups excluding carboxylic acids is 1. The molecule has 0 unspecified atom stereocenters. The van der Waals surface area contributed by atoms with Crippen molar-refractivity contribution in [1.29, 1.82) is 0 Å². The quantitative estimate of drug-likeness (QED) is 0.522. The zero-order valence-corrected chi connectivity index (χ0v) is 18.1. The van der Waals surface area contributed by atoms with E-state index in [1.54, 1.807) is 0 Å². The van der Waals surface area contributed by atoms with Crippen LogP contribution >= 0.6 is 11.8 Å². The molecule has 1 heterocycles. The van der Waals surface area contributed by atoms with Crippen LogP contribution in [-0.4, -0.2) is 39.6 Å². The Morgan fingerprint density at radius 3 is 2.70 bits per heavy atom. The molecule has 1 aliphatic rings. The molecule has 1 fully saturated rings. The topological polar surface area (TPSA) is 69.0 Å². The molecule has 1 amide bonds. The molecule has 0 aliphatic heterocycles. The summed E-state index contributed by atoms with van der Waals surface area (Å²) in [6, 6.07) is 16.0. The van der Waals surface area contributed by atoms with E-state index in [1.165, 1.54) is 24.6 Å². The molecule has 2 aromatic carbocycles. The Bertz CT molecular complexity index is 1010. The zero-order valence-electron chi connectivity index (χ0n) is 17.3. The first-order valence-electron chi connectivity index (χ1n) is 10.3. The molecule has 0 spiro atoms. The summed E-state index contributed by atoms with van der Waals surface area (Å²) in [5.41, 5.74) is 3.07. The van der Waals surface area contributed by atoms with Gasteiger partial charge in [0.15, 0.2) is 11.0 Å². The Morgan fingerprint density at radius 2 is 2.00 bits per heavy atom. The summed E-state index contributed by atoms with van der Waals surface area (Å²) in [5, 5.41) is 12.6. The van der Waals surface area contributed by atoms with Crippen molar-refractivity contribution in [3.05, 3.63) is 54.1 Å². The molecule has 1 saturated carbocycles. The van der Waals surface area contributed by atoms with Crippen molar-refractivity contribution >= 4 is 17.7 Å². The van der Waals surface area contributed by atoms with Crippen molar-refractivity contribution in [2.45, 2.75) is 31.8 Å². The summed E-state index contributed by atoms with van der Waals surface area (Å²) in [4.78, 5) is 12.2. The number of aromatic nitrogens is 3. The number of hydrogen-bond donors (Lipinski definition) is 1. The monoisotopic (exact) mass is 422 g/mol. The van der Waals surface area contributed by atoms with Gasteiger partial charge in [0.25, 0.3) is 0 Å². The van der Waals surface area contributed by atoms with E-state index in [1.807, 2.05) is 47.9 Å². The number of nitrogens with zero attached hydrogens (tertiary/aromatic N) is 3. The standard InChI is InChI=1S/C23H26N4O2S/c1-3-29-20-11-9-19(10-12-20)27-22(18-6-4-5-16(2)13-18)25-26-23(27)30-15-21(28)24-14-17-7-8-17/h4-6,9-13,17H,3,7-8,14-15H2,1-2H3,(H,24,28). The number of thioether (sulfide) groups is 1. The van der Waals surface area contributed by atoms with Gasteiger partial charge in [-0.1, -0.05) is 35.5 Å². The molecule has 1 aromatic heterocycles. The van der Waals surface area contributed by atoms with Crippen LogP contribution in [0.5, 0.6) is 5.75 Å². The van der Waals surface area contributed by atoms with Crippen LogP contribution in [0, 0.1) is 12.8 Å². The Balaban J connectivity index is 1.61. The van der Waals surface area contributed by atoms with E-state index >= 15 is 0 Å². The smallest absolute Gasteiger partial charge is 0.230 e. The van der Waals surface area contributed by atoms with Crippen LogP contribution in [0.4, 0.5) is 0 Å². The maximum atomic E-state index is 12.2.